The predicted molar refractivity (Wildman–Crippen MR) is 103 cm³/mol. The van der Waals surface area contributed by atoms with Gasteiger partial charge in [0.05, 0.1) is 5.69 Å². The molecule has 0 unspecified atom stereocenters. The smallest absolute Gasteiger partial charge is 0.335 e. The lowest BCUT2D eigenvalue weighted by Gasteiger charge is -2.45. The van der Waals surface area contributed by atoms with E-state index in [9.17, 15) is 14.4 Å². The summed E-state index contributed by atoms with van der Waals surface area (Å²) in [6.07, 6.45) is 0.272. The van der Waals surface area contributed by atoms with Crippen molar-refractivity contribution in [2.45, 2.75) is 20.3 Å². The minimum Gasteiger partial charge on any atom is -0.373 e. The van der Waals surface area contributed by atoms with E-state index in [1.165, 1.54) is 0 Å². The number of fused-ring (bicyclic) bond motifs is 1. The van der Waals surface area contributed by atoms with Gasteiger partial charge < -0.3 is 4.90 Å². The van der Waals surface area contributed by atoms with E-state index < -0.39 is 23.3 Å². The molecule has 2 heterocycles. The minimum atomic E-state index is -1.33. The van der Waals surface area contributed by atoms with E-state index in [0.29, 0.717) is 5.69 Å². The Kier molecular flexibility index (Phi) is 3.80. The van der Waals surface area contributed by atoms with Crippen LogP contribution in [0.5, 0.6) is 0 Å². The molecule has 2 aliphatic heterocycles. The van der Waals surface area contributed by atoms with E-state index in [0.717, 1.165) is 27.3 Å². The third-order valence-corrected chi connectivity index (χ3v) is 5.41. The van der Waals surface area contributed by atoms with Gasteiger partial charge in [-0.3, -0.25) is 14.9 Å². The van der Waals surface area contributed by atoms with Crippen molar-refractivity contribution >= 4 is 29.2 Å². The first-order chi connectivity index (χ1) is 12.8. The van der Waals surface area contributed by atoms with Gasteiger partial charge in [0.1, 0.15) is 0 Å². The van der Waals surface area contributed by atoms with Gasteiger partial charge in [-0.25, -0.2) is 9.69 Å². The molecule has 1 N–H and O–H groups in total. The fraction of sp³-hybridized carbons (Fsp3) is 0.286. The van der Waals surface area contributed by atoms with Crippen LogP contribution in [-0.4, -0.2) is 31.4 Å². The summed E-state index contributed by atoms with van der Waals surface area (Å²) in [6, 6.07) is 12.4. The molecule has 0 radical (unpaired) electrons. The molecule has 2 aliphatic rings. The molecule has 1 spiro atoms. The van der Waals surface area contributed by atoms with E-state index in [1.807, 2.05) is 56.1 Å². The molecule has 4 rings (SSSR count). The number of hydrogen-bond acceptors (Lipinski definition) is 4. The molecule has 1 saturated heterocycles. The second kappa shape index (κ2) is 5.94. The fourth-order valence-electron chi connectivity index (χ4n) is 4.00. The van der Waals surface area contributed by atoms with Gasteiger partial charge in [0, 0.05) is 19.3 Å². The van der Waals surface area contributed by atoms with Crippen LogP contribution in [0.3, 0.4) is 0 Å². The number of aryl methyl sites for hydroxylation is 2. The van der Waals surface area contributed by atoms with Gasteiger partial charge in [0.2, 0.25) is 5.91 Å². The molecule has 2 aromatic carbocycles. The van der Waals surface area contributed by atoms with Crippen molar-refractivity contribution in [3.63, 3.8) is 0 Å². The minimum absolute atomic E-state index is 0.226. The maximum atomic E-state index is 13.5. The number of hydrogen-bond donors (Lipinski definition) is 1. The van der Waals surface area contributed by atoms with E-state index >= 15 is 0 Å². The van der Waals surface area contributed by atoms with Crippen LogP contribution in [0.25, 0.3) is 0 Å². The maximum Gasteiger partial charge on any atom is 0.335 e. The zero-order chi connectivity index (χ0) is 19.3. The summed E-state index contributed by atoms with van der Waals surface area (Å²) < 4.78 is 0. The van der Waals surface area contributed by atoms with Crippen LogP contribution in [0.15, 0.2) is 42.5 Å². The molecule has 0 saturated carbocycles. The Labute approximate surface area is 157 Å². The quantitative estimate of drug-likeness (QED) is 0.791. The van der Waals surface area contributed by atoms with E-state index in [2.05, 4.69) is 5.32 Å². The van der Waals surface area contributed by atoms with E-state index in [-0.39, 0.29) is 13.0 Å². The number of carbonyl (C=O) groups excluding carboxylic acids is 3. The SMILES string of the molecule is Cc1ccc(N2C(=O)NC(=O)[C@@]3(Cc4cc(C)ccc4N(C)C3)C2=O)cc1. The Hall–Kier alpha value is -3.15. The fourth-order valence-corrected chi connectivity index (χ4v) is 4.00. The number of barbiturate groups is 1. The van der Waals surface area contributed by atoms with Crippen LogP contribution in [-0.2, 0) is 16.0 Å². The number of nitrogens with zero attached hydrogens (tertiary/aromatic N) is 2. The highest BCUT2D eigenvalue weighted by atomic mass is 16.2. The molecule has 6 heteroatoms. The topological polar surface area (TPSA) is 69.7 Å². The second-order valence-corrected chi connectivity index (χ2v) is 7.48. The number of carbonyl (C=O) groups is 3. The Morgan fingerprint density at radius 1 is 0.963 bits per heavy atom. The van der Waals surface area contributed by atoms with Crippen molar-refractivity contribution < 1.29 is 14.4 Å². The Bertz CT molecular complexity index is 967. The predicted octanol–water partition coefficient (Wildman–Crippen LogP) is 2.57. The molecule has 138 valence electrons. The van der Waals surface area contributed by atoms with Gasteiger partial charge in [0.15, 0.2) is 5.41 Å². The second-order valence-electron chi connectivity index (χ2n) is 7.48. The molecule has 0 aliphatic carbocycles. The lowest BCUT2D eigenvalue weighted by molar-refractivity contribution is -0.142. The number of benzene rings is 2. The van der Waals surface area contributed by atoms with Crippen molar-refractivity contribution in [3.05, 3.63) is 59.2 Å². The Balaban J connectivity index is 1.80. The molecule has 1 fully saturated rings. The molecule has 6 nitrogen and oxygen atoms in total. The molecule has 0 aromatic heterocycles. The number of rotatable bonds is 1. The van der Waals surface area contributed by atoms with Gasteiger partial charge in [-0.15, -0.1) is 0 Å². The normalized spacial score (nSPS) is 22.1. The maximum absolute atomic E-state index is 13.5. The number of imide groups is 2. The van der Waals surface area contributed by atoms with Gasteiger partial charge in [-0.05, 0) is 44.0 Å². The third kappa shape index (κ3) is 2.60. The standard InChI is InChI=1S/C21H21N3O3/c1-13-4-7-16(8-5-13)24-19(26)21(18(25)22-20(24)27)11-15-10-14(2)6-9-17(15)23(3)12-21/h4-10H,11-12H2,1-3H3,(H,22,25,27)/t21-/m0/s1. The number of amides is 4. The van der Waals surface area contributed by atoms with Gasteiger partial charge in [-0.2, -0.15) is 0 Å². The average Bonchev–Trinajstić information content (AvgIpc) is 2.61. The third-order valence-electron chi connectivity index (χ3n) is 5.41. The van der Waals surface area contributed by atoms with E-state index in [1.54, 1.807) is 12.1 Å². The largest absolute Gasteiger partial charge is 0.373 e. The zero-order valence-electron chi connectivity index (χ0n) is 15.6. The summed E-state index contributed by atoms with van der Waals surface area (Å²) in [7, 11) is 1.86. The monoisotopic (exact) mass is 363 g/mol. The van der Waals surface area contributed by atoms with Gasteiger partial charge in [0.25, 0.3) is 5.91 Å². The van der Waals surface area contributed by atoms with Crippen LogP contribution in [0.1, 0.15) is 16.7 Å². The lowest BCUT2D eigenvalue weighted by atomic mass is 9.74. The van der Waals surface area contributed by atoms with Crippen LogP contribution in [0.4, 0.5) is 16.2 Å². The van der Waals surface area contributed by atoms with Gasteiger partial charge in [-0.1, -0.05) is 35.4 Å². The molecular formula is C21H21N3O3. The summed E-state index contributed by atoms with van der Waals surface area (Å²) in [5.74, 6) is -1.00. The first kappa shape index (κ1) is 17.3. The molecule has 2 aromatic rings. The Morgan fingerprint density at radius 3 is 2.33 bits per heavy atom. The Morgan fingerprint density at radius 2 is 1.63 bits per heavy atom. The van der Waals surface area contributed by atoms with Crippen molar-refractivity contribution in [2.24, 2.45) is 5.41 Å². The number of anilines is 2. The van der Waals surface area contributed by atoms with Crippen LogP contribution >= 0.6 is 0 Å². The first-order valence-corrected chi connectivity index (χ1v) is 8.89. The molecule has 27 heavy (non-hydrogen) atoms. The first-order valence-electron chi connectivity index (χ1n) is 8.89. The molecule has 0 bridgehead atoms. The van der Waals surface area contributed by atoms with Crippen molar-refractivity contribution in [1.29, 1.82) is 0 Å². The number of nitrogens with one attached hydrogen (secondary N) is 1. The zero-order valence-corrected chi connectivity index (χ0v) is 15.6. The number of urea groups is 1. The molecular weight excluding hydrogens is 342 g/mol. The summed E-state index contributed by atoms with van der Waals surface area (Å²) in [5.41, 5.74) is 3.17. The summed E-state index contributed by atoms with van der Waals surface area (Å²) >= 11 is 0. The highest BCUT2D eigenvalue weighted by Gasteiger charge is 2.56. The summed E-state index contributed by atoms with van der Waals surface area (Å²) in [6.45, 7) is 4.14. The molecule has 1 atom stereocenters. The van der Waals surface area contributed by atoms with Crippen LogP contribution < -0.4 is 15.1 Å². The lowest BCUT2D eigenvalue weighted by Crippen LogP contribution is -2.68. The van der Waals surface area contributed by atoms with Crippen LogP contribution in [0.2, 0.25) is 0 Å². The summed E-state index contributed by atoms with van der Waals surface area (Å²) in [5, 5.41) is 2.40. The van der Waals surface area contributed by atoms with Crippen molar-refractivity contribution in [3.8, 4) is 0 Å². The van der Waals surface area contributed by atoms with Gasteiger partial charge >= 0.3 is 6.03 Å². The van der Waals surface area contributed by atoms with E-state index in [4.69, 9.17) is 0 Å². The van der Waals surface area contributed by atoms with Crippen molar-refractivity contribution in [2.75, 3.05) is 23.4 Å². The highest BCUT2D eigenvalue weighted by Crippen LogP contribution is 2.40. The highest BCUT2D eigenvalue weighted by molar-refractivity contribution is 6.30. The molecule has 4 amide bonds. The summed E-state index contributed by atoms with van der Waals surface area (Å²) in [4.78, 5) is 41.8. The van der Waals surface area contributed by atoms with Crippen LogP contribution in [0, 0.1) is 19.3 Å². The average molecular weight is 363 g/mol. The van der Waals surface area contributed by atoms with Crippen molar-refractivity contribution in [1.82, 2.24) is 5.32 Å².